The molecule has 38 heavy (non-hydrogen) atoms. The van der Waals surface area contributed by atoms with Gasteiger partial charge >= 0.3 is 5.97 Å². The van der Waals surface area contributed by atoms with Gasteiger partial charge in [0.2, 0.25) is 0 Å². The molecule has 0 aliphatic heterocycles. The third-order valence-electron chi connectivity index (χ3n) is 6.40. The number of carbonyl (C=O) groups is 1. The molecule has 0 aliphatic carbocycles. The number of benzene rings is 4. The molecule has 0 spiro atoms. The fourth-order valence-electron chi connectivity index (χ4n) is 4.46. The van der Waals surface area contributed by atoms with Gasteiger partial charge in [0.15, 0.2) is 0 Å². The predicted octanol–water partition coefficient (Wildman–Crippen LogP) is 6.09. The number of para-hydroxylation sites is 1. The second-order valence-corrected chi connectivity index (χ2v) is 10.6. The lowest BCUT2D eigenvalue weighted by Crippen LogP contribution is -2.15. The van der Waals surface area contributed by atoms with E-state index in [9.17, 15) is 13.2 Å². The predicted molar refractivity (Wildman–Crippen MR) is 148 cm³/mol. The number of hydrogen-bond donors (Lipinski definition) is 2. The standard InChI is InChI=1S/C30H26N2O5S/c1-19-12-15-22(16-13-19)38(34,35)32-28-23-10-6-7-11-26(23)37-29(28)27(20-8-4-3-5-9-20)21-14-17-25(31)24(18-21)30(33)36-2/h3-18,27,32H,31H2,1-2H3. The maximum atomic E-state index is 13.5. The number of hydrogen-bond acceptors (Lipinski definition) is 6. The zero-order valence-electron chi connectivity index (χ0n) is 20.8. The summed E-state index contributed by atoms with van der Waals surface area (Å²) in [6.45, 7) is 1.89. The number of carbonyl (C=O) groups excluding carboxylic acids is 1. The molecule has 192 valence electrons. The summed E-state index contributed by atoms with van der Waals surface area (Å²) < 4.78 is 41.1. The lowest BCUT2D eigenvalue weighted by Gasteiger charge is -2.19. The molecule has 4 aromatic carbocycles. The first kappa shape index (κ1) is 25.1. The Bertz CT molecular complexity index is 1730. The maximum Gasteiger partial charge on any atom is 0.339 e. The van der Waals surface area contributed by atoms with E-state index in [4.69, 9.17) is 14.9 Å². The third kappa shape index (κ3) is 4.73. The average molecular weight is 527 g/mol. The molecule has 0 amide bonds. The molecule has 1 atom stereocenters. The molecule has 1 heterocycles. The smallest absolute Gasteiger partial charge is 0.339 e. The number of furan rings is 1. The van der Waals surface area contributed by atoms with Gasteiger partial charge in [-0.2, -0.15) is 0 Å². The Labute approximate surface area is 220 Å². The molecule has 3 N–H and O–H groups in total. The average Bonchev–Trinajstić information content (AvgIpc) is 3.27. The maximum absolute atomic E-state index is 13.5. The van der Waals surface area contributed by atoms with Crippen molar-refractivity contribution in [2.24, 2.45) is 0 Å². The minimum absolute atomic E-state index is 0.135. The number of esters is 1. The van der Waals surface area contributed by atoms with E-state index in [2.05, 4.69) is 4.72 Å². The Morgan fingerprint density at radius 2 is 1.58 bits per heavy atom. The first-order valence-corrected chi connectivity index (χ1v) is 13.4. The molecule has 1 aromatic heterocycles. The second-order valence-electron chi connectivity index (χ2n) is 8.94. The molecule has 8 heteroatoms. The summed E-state index contributed by atoms with van der Waals surface area (Å²) in [6.07, 6.45) is 0. The Hall–Kier alpha value is -4.56. The number of nitrogen functional groups attached to an aromatic ring is 1. The largest absolute Gasteiger partial charge is 0.465 e. The van der Waals surface area contributed by atoms with E-state index in [0.29, 0.717) is 28.0 Å². The lowest BCUT2D eigenvalue weighted by atomic mass is 9.87. The summed E-state index contributed by atoms with van der Waals surface area (Å²) in [6, 6.07) is 28.5. The van der Waals surface area contributed by atoms with Crippen LogP contribution in [-0.4, -0.2) is 21.5 Å². The van der Waals surface area contributed by atoms with E-state index in [1.165, 1.54) is 7.11 Å². The molecular weight excluding hydrogens is 500 g/mol. The molecule has 0 radical (unpaired) electrons. The zero-order valence-corrected chi connectivity index (χ0v) is 21.7. The van der Waals surface area contributed by atoms with Crippen LogP contribution in [0.1, 0.15) is 38.7 Å². The van der Waals surface area contributed by atoms with E-state index >= 15 is 0 Å². The van der Waals surface area contributed by atoms with Crippen molar-refractivity contribution in [3.05, 3.63) is 125 Å². The van der Waals surface area contributed by atoms with Crippen LogP contribution in [0.3, 0.4) is 0 Å². The van der Waals surface area contributed by atoms with Gasteiger partial charge in [-0.25, -0.2) is 13.2 Å². The highest BCUT2D eigenvalue weighted by molar-refractivity contribution is 7.92. The van der Waals surface area contributed by atoms with Crippen LogP contribution in [0.25, 0.3) is 11.0 Å². The molecule has 0 saturated heterocycles. The van der Waals surface area contributed by atoms with Crippen molar-refractivity contribution in [3.63, 3.8) is 0 Å². The normalized spacial score (nSPS) is 12.3. The van der Waals surface area contributed by atoms with Gasteiger partial charge in [-0.15, -0.1) is 0 Å². The van der Waals surface area contributed by atoms with Crippen LogP contribution in [0.2, 0.25) is 0 Å². The summed E-state index contributed by atoms with van der Waals surface area (Å²) in [7, 11) is -2.66. The molecule has 0 aliphatic rings. The van der Waals surface area contributed by atoms with Gasteiger partial charge in [-0.05, 0) is 54.4 Å². The van der Waals surface area contributed by atoms with Crippen LogP contribution in [0, 0.1) is 6.92 Å². The van der Waals surface area contributed by atoms with E-state index < -0.39 is 21.9 Å². The molecular formula is C30H26N2O5S. The first-order chi connectivity index (χ1) is 18.3. The SMILES string of the molecule is COC(=O)c1cc(C(c2ccccc2)c2oc3ccccc3c2NS(=O)(=O)c2ccc(C)cc2)ccc1N. The monoisotopic (exact) mass is 526 g/mol. The van der Waals surface area contributed by atoms with E-state index in [1.807, 2.05) is 49.4 Å². The molecule has 0 fully saturated rings. The molecule has 5 aromatic rings. The minimum atomic E-state index is -3.95. The Morgan fingerprint density at radius 3 is 2.29 bits per heavy atom. The van der Waals surface area contributed by atoms with Crippen molar-refractivity contribution in [3.8, 4) is 0 Å². The highest BCUT2D eigenvalue weighted by atomic mass is 32.2. The summed E-state index contributed by atoms with van der Waals surface area (Å²) in [5.41, 5.74) is 9.88. The second kappa shape index (κ2) is 10.1. The number of nitrogens with two attached hydrogens (primary N) is 1. The van der Waals surface area contributed by atoms with Crippen LogP contribution in [0.15, 0.2) is 106 Å². The van der Waals surface area contributed by atoms with Gasteiger partial charge < -0.3 is 14.9 Å². The van der Waals surface area contributed by atoms with Crippen LogP contribution in [0.4, 0.5) is 11.4 Å². The molecule has 1 unspecified atom stereocenters. The fraction of sp³-hybridized carbons (Fsp3) is 0.100. The van der Waals surface area contributed by atoms with E-state index in [0.717, 1.165) is 11.1 Å². The summed E-state index contributed by atoms with van der Waals surface area (Å²) in [5, 5.41) is 0.614. The van der Waals surface area contributed by atoms with E-state index in [-0.39, 0.29) is 16.1 Å². The third-order valence-corrected chi connectivity index (χ3v) is 7.77. The van der Waals surface area contributed by atoms with Crippen molar-refractivity contribution in [1.29, 1.82) is 0 Å². The van der Waals surface area contributed by atoms with Gasteiger partial charge in [0.05, 0.1) is 29.2 Å². The number of rotatable bonds is 7. The summed E-state index contributed by atoms with van der Waals surface area (Å²) in [5.74, 6) is -0.752. The quantitative estimate of drug-likeness (QED) is 0.196. The summed E-state index contributed by atoms with van der Waals surface area (Å²) >= 11 is 0. The van der Waals surface area contributed by atoms with Crippen LogP contribution in [-0.2, 0) is 14.8 Å². The van der Waals surface area contributed by atoms with Gasteiger partial charge in [0.25, 0.3) is 10.0 Å². The lowest BCUT2D eigenvalue weighted by molar-refractivity contribution is 0.0601. The Morgan fingerprint density at radius 1 is 0.895 bits per heavy atom. The van der Waals surface area contributed by atoms with Crippen molar-refractivity contribution in [2.45, 2.75) is 17.7 Å². The van der Waals surface area contributed by atoms with Crippen molar-refractivity contribution in [2.75, 3.05) is 17.6 Å². The van der Waals surface area contributed by atoms with Crippen LogP contribution < -0.4 is 10.5 Å². The van der Waals surface area contributed by atoms with Gasteiger partial charge in [0, 0.05) is 11.1 Å². The van der Waals surface area contributed by atoms with E-state index in [1.54, 1.807) is 54.6 Å². The first-order valence-electron chi connectivity index (χ1n) is 11.9. The van der Waals surface area contributed by atoms with Gasteiger partial charge in [0.1, 0.15) is 11.3 Å². The Kier molecular flexibility index (Phi) is 6.65. The van der Waals surface area contributed by atoms with Gasteiger partial charge in [-0.3, -0.25) is 4.72 Å². The number of anilines is 2. The van der Waals surface area contributed by atoms with Crippen LogP contribution >= 0.6 is 0 Å². The fourth-order valence-corrected chi connectivity index (χ4v) is 5.56. The molecule has 0 saturated carbocycles. The highest BCUT2D eigenvalue weighted by Crippen LogP contribution is 2.43. The Balaban J connectivity index is 1.74. The number of methoxy groups -OCH3 is 1. The topological polar surface area (TPSA) is 112 Å². The van der Waals surface area contributed by atoms with Crippen LogP contribution in [0.5, 0.6) is 0 Å². The van der Waals surface area contributed by atoms with Crippen molar-refractivity contribution >= 4 is 38.3 Å². The van der Waals surface area contributed by atoms with Crippen molar-refractivity contribution in [1.82, 2.24) is 0 Å². The summed E-state index contributed by atoms with van der Waals surface area (Å²) in [4.78, 5) is 12.6. The number of fused-ring (bicyclic) bond motifs is 1. The minimum Gasteiger partial charge on any atom is -0.465 e. The molecule has 0 bridgehead atoms. The zero-order chi connectivity index (χ0) is 26.9. The van der Waals surface area contributed by atoms with Gasteiger partial charge in [-0.1, -0.05) is 66.2 Å². The molecule has 5 rings (SSSR count). The number of aryl methyl sites for hydroxylation is 1. The number of sulfonamides is 1. The number of nitrogens with one attached hydrogen (secondary N) is 1. The number of ether oxygens (including phenoxy) is 1. The molecule has 7 nitrogen and oxygen atoms in total. The van der Waals surface area contributed by atoms with Crippen molar-refractivity contribution < 1.29 is 22.4 Å². The highest BCUT2D eigenvalue weighted by Gasteiger charge is 2.29.